The van der Waals surface area contributed by atoms with Crippen molar-refractivity contribution in [3.05, 3.63) is 65.7 Å². The lowest BCUT2D eigenvalue weighted by Crippen LogP contribution is -2.41. The van der Waals surface area contributed by atoms with E-state index in [1.165, 1.54) is 5.56 Å². The SMILES string of the molecule is CC(CCN)(Oc1ccc(CCO[Si](C)(C)C(C)(C)C)cc1)c1ccccc1. The number of ether oxygens (including phenoxy) is 1. The summed E-state index contributed by atoms with van der Waals surface area (Å²) in [6.07, 6.45) is 1.69. The van der Waals surface area contributed by atoms with Crippen LogP contribution in [0.5, 0.6) is 5.75 Å². The highest BCUT2D eigenvalue weighted by molar-refractivity contribution is 6.74. The molecule has 0 amide bonds. The highest BCUT2D eigenvalue weighted by atomic mass is 28.4. The Bertz CT molecular complexity index is 723. The van der Waals surface area contributed by atoms with E-state index >= 15 is 0 Å². The standard InChI is InChI=1S/C24H37NO2Si/c1-23(2,3)28(5,6)26-19-16-20-12-14-22(15-13-20)27-24(4,17-18-25)21-10-8-7-9-11-21/h7-15H,16-19,25H2,1-6H3. The number of hydrogen-bond donors (Lipinski definition) is 1. The summed E-state index contributed by atoms with van der Waals surface area (Å²) in [5.41, 5.74) is 7.85. The maximum Gasteiger partial charge on any atom is 0.191 e. The summed E-state index contributed by atoms with van der Waals surface area (Å²) in [4.78, 5) is 0. The van der Waals surface area contributed by atoms with Gasteiger partial charge in [0.1, 0.15) is 11.4 Å². The van der Waals surface area contributed by atoms with Gasteiger partial charge in [-0.15, -0.1) is 0 Å². The smallest absolute Gasteiger partial charge is 0.191 e. The average Bonchev–Trinajstić information content (AvgIpc) is 2.63. The van der Waals surface area contributed by atoms with E-state index in [9.17, 15) is 0 Å². The summed E-state index contributed by atoms with van der Waals surface area (Å²) in [6.45, 7) is 14.9. The van der Waals surface area contributed by atoms with Crippen LogP contribution in [-0.2, 0) is 16.4 Å². The Morgan fingerprint density at radius 2 is 1.50 bits per heavy atom. The van der Waals surface area contributed by atoms with Gasteiger partial charge < -0.3 is 14.9 Å². The van der Waals surface area contributed by atoms with Crippen LogP contribution in [0.15, 0.2) is 54.6 Å². The molecule has 28 heavy (non-hydrogen) atoms. The Hall–Kier alpha value is -1.62. The van der Waals surface area contributed by atoms with Crippen LogP contribution in [-0.4, -0.2) is 21.5 Å². The molecule has 2 N–H and O–H groups in total. The third-order valence-electron chi connectivity index (χ3n) is 5.93. The van der Waals surface area contributed by atoms with Crippen LogP contribution in [0, 0.1) is 0 Å². The van der Waals surface area contributed by atoms with Gasteiger partial charge in [-0.1, -0.05) is 63.2 Å². The highest BCUT2D eigenvalue weighted by Gasteiger charge is 2.36. The van der Waals surface area contributed by atoms with Crippen molar-refractivity contribution in [2.75, 3.05) is 13.2 Å². The van der Waals surface area contributed by atoms with Crippen molar-refractivity contribution in [1.29, 1.82) is 0 Å². The molecule has 0 spiro atoms. The van der Waals surface area contributed by atoms with Gasteiger partial charge in [0.15, 0.2) is 8.32 Å². The van der Waals surface area contributed by atoms with E-state index in [1.54, 1.807) is 0 Å². The molecule has 0 radical (unpaired) electrons. The Morgan fingerprint density at radius 3 is 2.04 bits per heavy atom. The largest absolute Gasteiger partial charge is 0.483 e. The van der Waals surface area contributed by atoms with Gasteiger partial charge in [0.25, 0.3) is 0 Å². The second-order valence-electron chi connectivity index (χ2n) is 9.24. The van der Waals surface area contributed by atoms with Gasteiger partial charge in [-0.05, 0) is 61.3 Å². The molecule has 0 aliphatic rings. The number of benzene rings is 2. The van der Waals surface area contributed by atoms with Crippen LogP contribution in [0.25, 0.3) is 0 Å². The molecule has 0 heterocycles. The van der Waals surface area contributed by atoms with Gasteiger partial charge in [-0.2, -0.15) is 0 Å². The van der Waals surface area contributed by atoms with Crippen molar-refractivity contribution >= 4 is 8.32 Å². The molecular formula is C24H37NO2Si. The van der Waals surface area contributed by atoms with Crippen molar-refractivity contribution in [3.63, 3.8) is 0 Å². The molecule has 2 aromatic carbocycles. The fraction of sp³-hybridized carbons (Fsp3) is 0.500. The predicted molar refractivity (Wildman–Crippen MR) is 121 cm³/mol. The first-order valence-electron chi connectivity index (χ1n) is 10.2. The maximum absolute atomic E-state index is 6.38. The van der Waals surface area contributed by atoms with Crippen LogP contribution in [0.2, 0.25) is 18.1 Å². The molecule has 0 saturated heterocycles. The molecule has 2 aromatic rings. The average molecular weight is 400 g/mol. The zero-order chi connectivity index (χ0) is 20.8. The Balaban J connectivity index is 2.00. The summed E-state index contributed by atoms with van der Waals surface area (Å²) in [7, 11) is -1.68. The second-order valence-corrected chi connectivity index (χ2v) is 14.0. The summed E-state index contributed by atoms with van der Waals surface area (Å²) in [5.74, 6) is 0.869. The Kier molecular flexibility index (Phi) is 7.49. The van der Waals surface area contributed by atoms with Crippen molar-refractivity contribution in [3.8, 4) is 5.75 Å². The maximum atomic E-state index is 6.38. The molecule has 4 heteroatoms. The molecule has 1 unspecified atom stereocenters. The molecule has 154 valence electrons. The van der Waals surface area contributed by atoms with Crippen molar-refractivity contribution in [1.82, 2.24) is 0 Å². The minimum Gasteiger partial charge on any atom is -0.483 e. The molecule has 3 nitrogen and oxygen atoms in total. The van der Waals surface area contributed by atoms with Crippen LogP contribution >= 0.6 is 0 Å². The predicted octanol–water partition coefficient (Wildman–Crippen LogP) is 5.89. The first kappa shape index (κ1) is 22.7. The zero-order valence-corrected chi connectivity index (χ0v) is 19.4. The number of hydrogen-bond acceptors (Lipinski definition) is 3. The molecule has 0 aromatic heterocycles. The molecule has 0 saturated carbocycles. The van der Waals surface area contributed by atoms with Crippen molar-refractivity contribution in [2.45, 2.75) is 64.3 Å². The zero-order valence-electron chi connectivity index (χ0n) is 18.4. The molecule has 0 fully saturated rings. The highest BCUT2D eigenvalue weighted by Crippen LogP contribution is 2.36. The minimum atomic E-state index is -1.68. The summed E-state index contributed by atoms with van der Waals surface area (Å²) >= 11 is 0. The molecule has 1 atom stereocenters. The lowest BCUT2D eigenvalue weighted by molar-refractivity contribution is 0.0797. The van der Waals surface area contributed by atoms with E-state index in [1.807, 2.05) is 18.2 Å². The fourth-order valence-corrected chi connectivity index (χ4v) is 3.99. The van der Waals surface area contributed by atoms with E-state index in [0.29, 0.717) is 6.54 Å². The van der Waals surface area contributed by atoms with Crippen LogP contribution < -0.4 is 10.5 Å². The molecule has 2 rings (SSSR count). The third kappa shape index (κ3) is 5.93. The van der Waals surface area contributed by atoms with E-state index in [4.69, 9.17) is 14.9 Å². The Morgan fingerprint density at radius 1 is 0.893 bits per heavy atom. The molecular weight excluding hydrogens is 362 g/mol. The second kappa shape index (κ2) is 9.25. The van der Waals surface area contributed by atoms with E-state index in [0.717, 1.165) is 30.8 Å². The van der Waals surface area contributed by atoms with E-state index in [-0.39, 0.29) is 5.04 Å². The summed E-state index contributed by atoms with van der Waals surface area (Å²) in [6, 6.07) is 18.7. The van der Waals surface area contributed by atoms with Gasteiger partial charge in [0.2, 0.25) is 0 Å². The van der Waals surface area contributed by atoms with Crippen molar-refractivity contribution in [2.24, 2.45) is 5.73 Å². The number of nitrogens with two attached hydrogens (primary N) is 1. The van der Waals surface area contributed by atoms with Gasteiger partial charge in [0, 0.05) is 13.0 Å². The first-order valence-corrected chi connectivity index (χ1v) is 13.2. The van der Waals surface area contributed by atoms with E-state index in [2.05, 4.69) is 77.2 Å². The monoisotopic (exact) mass is 399 g/mol. The summed E-state index contributed by atoms with van der Waals surface area (Å²) < 4.78 is 12.7. The lowest BCUT2D eigenvalue weighted by atomic mass is 9.92. The van der Waals surface area contributed by atoms with Gasteiger partial charge >= 0.3 is 0 Å². The third-order valence-corrected chi connectivity index (χ3v) is 10.5. The Labute approximate surface area is 172 Å². The van der Waals surface area contributed by atoms with Crippen molar-refractivity contribution < 1.29 is 9.16 Å². The minimum absolute atomic E-state index is 0.246. The molecule has 0 bridgehead atoms. The van der Waals surface area contributed by atoms with Crippen LogP contribution in [0.4, 0.5) is 0 Å². The van der Waals surface area contributed by atoms with Gasteiger partial charge in [-0.3, -0.25) is 0 Å². The lowest BCUT2D eigenvalue weighted by Gasteiger charge is -2.36. The first-order chi connectivity index (χ1) is 13.1. The van der Waals surface area contributed by atoms with Crippen LogP contribution in [0.3, 0.4) is 0 Å². The number of rotatable bonds is 9. The van der Waals surface area contributed by atoms with Gasteiger partial charge in [-0.25, -0.2) is 0 Å². The summed E-state index contributed by atoms with van der Waals surface area (Å²) in [5, 5.41) is 0.246. The molecule has 0 aliphatic carbocycles. The quantitative estimate of drug-likeness (QED) is 0.534. The van der Waals surface area contributed by atoms with E-state index < -0.39 is 13.9 Å². The topological polar surface area (TPSA) is 44.5 Å². The van der Waals surface area contributed by atoms with Gasteiger partial charge in [0.05, 0.1) is 0 Å². The van der Waals surface area contributed by atoms with Crippen LogP contribution in [0.1, 0.15) is 45.2 Å². The normalized spacial score (nSPS) is 14.5. The fourth-order valence-electron chi connectivity index (χ4n) is 2.95. The molecule has 0 aliphatic heterocycles.